The second kappa shape index (κ2) is 8.52. The van der Waals surface area contributed by atoms with Gasteiger partial charge in [0, 0.05) is 12.5 Å². The molecule has 5 atom stereocenters. The molecule has 1 aliphatic heterocycles. The maximum Gasteiger partial charge on any atom is 0.303 e. The Balaban J connectivity index is 2.28. The summed E-state index contributed by atoms with van der Waals surface area (Å²) in [6.07, 6.45) is -7.60. The second-order valence-corrected chi connectivity index (χ2v) is 5.84. The first-order valence-electron chi connectivity index (χ1n) is 7.87. The lowest BCUT2D eigenvalue weighted by Gasteiger charge is -2.39. The van der Waals surface area contributed by atoms with Gasteiger partial charge < -0.3 is 44.8 Å². The summed E-state index contributed by atoms with van der Waals surface area (Å²) < 4.78 is 15.7. The highest BCUT2D eigenvalue weighted by atomic mass is 16.7. The number of phenolic OH excluding ortho intramolecular Hbond substituents is 1. The number of hydrogen-bond acceptors (Lipinski definition) is 9. The number of aryl methyl sites for hydroxylation is 1. The molecule has 0 aliphatic carbocycles. The third-order valence-electron chi connectivity index (χ3n) is 4.06. The lowest BCUT2D eigenvalue weighted by atomic mass is 9.99. The number of aliphatic hydroxyl groups excluding tert-OH is 4. The van der Waals surface area contributed by atoms with Crippen LogP contribution in [0.2, 0.25) is 0 Å². The van der Waals surface area contributed by atoms with Gasteiger partial charge in [-0.3, -0.25) is 4.79 Å². The summed E-state index contributed by atoms with van der Waals surface area (Å²) in [6, 6.07) is 2.55. The minimum Gasteiger partial charge on any atom is -0.504 e. The fourth-order valence-electron chi connectivity index (χ4n) is 2.59. The number of ether oxygens (including phenoxy) is 3. The number of carboxylic acids is 1. The summed E-state index contributed by atoms with van der Waals surface area (Å²) in [4.78, 5) is 10.8. The first kappa shape index (κ1) is 20.2. The van der Waals surface area contributed by atoms with Gasteiger partial charge in [0.15, 0.2) is 11.5 Å². The third kappa shape index (κ3) is 4.34. The number of carboxylic acid groups (broad SMARTS) is 1. The number of hydrogen-bond donors (Lipinski definition) is 6. The number of aliphatic carboxylic acids is 1. The molecule has 0 amide bonds. The Bertz CT molecular complexity index is 632. The van der Waals surface area contributed by atoms with Crippen molar-refractivity contribution in [2.45, 2.75) is 43.5 Å². The summed E-state index contributed by atoms with van der Waals surface area (Å²) >= 11 is 0. The predicted molar refractivity (Wildman–Crippen MR) is 85.0 cm³/mol. The lowest BCUT2D eigenvalue weighted by molar-refractivity contribution is -0.277. The largest absolute Gasteiger partial charge is 0.504 e. The van der Waals surface area contributed by atoms with Gasteiger partial charge in [-0.1, -0.05) is 0 Å². The first-order valence-corrected chi connectivity index (χ1v) is 7.87. The molecular weight excluding hydrogens is 352 g/mol. The molecule has 1 heterocycles. The molecule has 146 valence electrons. The highest BCUT2D eigenvalue weighted by Gasteiger charge is 2.44. The van der Waals surface area contributed by atoms with E-state index in [1.165, 1.54) is 13.2 Å². The van der Waals surface area contributed by atoms with Crippen LogP contribution in [0.1, 0.15) is 12.0 Å². The van der Waals surface area contributed by atoms with Crippen LogP contribution >= 0.6 is 0 Å². The molecule has 1 fully saturated rings. The Labute approximate surface area is 148 Å². The fraction of sp³-hybridized carbons (Fsp3) is 0.562. The van der Waals surface area contributed by atoms with Gasteiger partial charge >= 0.3 is 5.97 Å². The van der Waals surface area contributed by atoms with Crippen LogP contribution in [0.15, 0.2) is 12.1 Å². The van der Waals surface area contributed by atoms with Gasteiger partial charge in [-0.05, 0) is 18.1 Å². The average Bonchev–Trinajstić information content (AvgIpc) is 2.61. The van der Waals surface area contributed by atoms with E-state index in [4.69, 9.17) is 19.3 Å². The Morgan fingerprint density at radius 1 is 1.15 bits per heavy atom. The van der Waals surface area contributed by atoms with Crippen LogP contribution in [0.5, 0.6) is 17.2 Å². The molecule has 0 bridgehead atoms. The van der Waals surface area contributed by atoms with Crippen molar-refractivity contribution in [1.29, 1.82) is 0 Å². The molecule has 1 aromatic carbocycles. The Morgan fingerprint density at radius 3 is 2.42 bits per heavy atom. The van der Waals surface area contributed by atoms with Crippen molar-refractivity contribution in [3.8, 4) is 17.2 Å². The van der Waals surface area contributed by atoms with Gasteiger partial charge in [0.25, 0.3) is 0 Å². The third-order valence-corrected chi connectivity index (χ3v) is 4.06. The van der Waals surface area contributed by atoms with Crippen LogP contribution in [0.3, 0.4) is 0 Å². The van der Waals surface area contributed by atoms with Crippen molar-refractivity contribution in [2.75, 3.05) is 13.7 Å². The van der Waals surface area contributed by atoms with Crippen LogP contribution < -0.4 is 9.47 Å². The molecule has 0 spiro atoms. The summed E-state index contributed by atoms with van der Waals surface area (Å²) in [7, 11) is 1.33. The second-order valence-electron chi connectivity index (χ2n) is 5.84. The Hall–Kier alpha value is -2.11. The summed E-state index contributed by atoms with van der Waals surface area (Å²) in [5, 5.41) is 57.6. The highest BCUT2D eigenvalue weighted by molar-refractivity contribution is 5.67. The quantitative estimate of drug-likeness (QED) is 0.334. The molecule has 10 nitrogen and oxygen atoms in total. The van der Waals surface area contributed by atoms with Gasteiger partial charge in [-0.15, -0.1) is 0 Å². The van der Waals surface area contributed by atoms with E-state index in [1.54, 1.807) is 0 Å². The monoisotopic (exact) mass is 374 g/mol. The Kier molecular flexibility index (Phi) is 6.62. The van der Waals surface area contributed by atoms with E-state index in [9.17, 15) is 30.3 Å². The van der Waals surface area contributed by atoms with Gasteiger partial charge in [0.1, 0.15) is 30.2 Å². The van der Waals surface area contributed by atoms with E-state index in [1.807, 2.05) is 0 Å². The topological polar surface area (TPSA) is 166 Å². The van der Waals surface area contributed by atoms with E-state index >= 15 is 0 Å². The number of methoxy groups -OCH3 is 1. The van der Waals surface area contributed by atoms with Crippen molar-refractivity contribution in [2.24, 2.45) is 0 Å². The number of aromatic hydroxyl groups is 1. The summed E-state index contributed by atoms with van der Waals surface area (Å²) in [5.74, 6) is -1.22. The zero-order valence-electron chi connectivity index (χ0n) is 14.0. The van der Waals surface area contributed by atoms with Gasteiger partial charge in [0.2, 0.25) is 6.29 Å². The molecule has 2 rings (SSSR count). The van der Waals surface area contributed by atoms with E-state index in [0.717, 1.165) is 6.07 Å². The van der Waals surface area contributed by atoms with Crippen molar-refractivity contribution >= 4 is 5.97 Å². The molecule has 1 saturated heterocycles. The molecule has 0 radical (unpaired) electrons. The minimum atomic E-state index is -1.63. The van der Waals surface area contributed by atoms with E-state index in [0.29, 0.717) is 5.56 Å². The lowest BCUT2D eigenvalue weighted by Crippen LogP contribution is -2.60. The van der Waals surface area contributed by atoms with Crippen LogP contribution in [0.4, 0.5) is 0 Å². The van der Waals surface area contributed by atoms with Gasteiger partial charge in [0.05, 0.1) is 13.7 Å². The number of benzene rings is 1. The maximum absolute atomic E-state index is 10.8. The summed E-state index contributed by atoms with van der Waals surface area (Å²) in [6.45, 7) is -0.620. The zero-order chi connectivity index (χ0) is 19.4. The molecule has 0 aromatic heterocycles. The molecule has 1 aromatic rings. The summed E-state index contributed by atoms with van der Waals surface area (Å²) in [5.41, 5.74) is 0.360. The van der Waals surface area contributed by atoms with Crippen molar-refractivity contribution in [1.82, 2.24) is 0 Å². The van der Waals surface area contributed by atoms with Crippen molar-refractivity contribution in [3.05, 3.63) is 17.7 Å². The normalized spacial score (nSPS) is 28.6. The van der Waals surface area contributed by atoms with Crippen molar-refractivity contribution in [3.63, 3.8) is 0 Å². The number of rotatable bonds is 7. The van der Waals surface area contributed by atoms with Crippen molar-refractivity contribution < 1.29 is 49.6 Å². The fourth-order valence-corrected chi connectivity index (χ4v) is 2.59. The van der Waals surface area contributed by atoms with Gasteiger partial charge in [-0.2, -0.15) is 0 Å². The van der Waals surface area contributed by atoms with Crippen LogP contribution in [-0.2, 0) is 16.0 Å². The SMILES string of the molecule is COc1cc(CCC(=O)O)c(O[C@@H]2O[C@H](CO)[C@@H](O)[C@H](O)[C@H]2O)cc1O. The van der Waals surface area contributed by atoms with E-state index < -0.39 is 43.3 Å². The molecule has 6 N–H and O–H groups in total. The minimum absolute atomic E-state index is 0.00822. The van der Waals surface area contributed by atoms with Crippen LogP contribution in [0.25, 0.3) is 0 Å². The highest BCUT2D eigenvalue weighted by Crippen LogP contribution is 2.36. The number of carbonyl (C=O) groups is 1. The molecule has 0 unspecified atom stereocenters. The van der Waals surface area contributed by atoms with Crippen LogP contribution in [0, 0.1) is 0 Å². The first-order chi connectivity index (χ1) is 12.3. The number of aliphatic hydroxyl groups is 4. The zero-order valence-corrected chi connectivity index (χ0v) is 14.0. The molecular formula is C16H22O10. The van der Waals surface area contributed by atoms with Gasteiger partial charge in [-0.25, -0.2) is 0 Å². The molecule has 10 heteroatoms. The van der Waals surface area contributed by atoms with Crippen LogP contribution in [-0.4, -0.2) is 81.0 Å². The standard InChI is InChI=1S/C16H22O10/c1-24-10-4-7(2-3-12(19)20)9(5-8(10)18)25-16-15(23)14(22)13(21)11(6-17)26-16/h4-5,11,13-18,21-23H,2-3,6H2,1H3,(H,19,20)/t11-,13-,14+,15-,16-/m1/s1. The average molecular weight is 374 g/mol. The van der Waals surface area contributed by atoms with E-state index in [-0.39, 0.29) is 30.1 Å². The predicted octanol–water partition coefficient (Wildman–Crippen LogP) is -1.40. The van der Waals surface area contributed by atoms with E-state index in [2.05, 4.69) is 0 Å². The maximum atomic E-state index is 10.8. The molecule has 26 heavy (non-hydrogen) atoms. The smallest absolute Gasteiger partial charge is 0.303 e. The molecule has 0 saturated carbocycles. The Morgan fingerprint density at radius 2 is 1.85 bits per heavy atom. The number of phenols is 1. The molecule has 1 aliphatic rings.